The highest BCUT2D eigenvalue weighted by molar-refractivity contribution is 9.10. The number of amides is 1. The van der Waals surface area contributed by atoms with Gasteiger partial charge in [0.2, 0.25) is 0 Å². The minimum absolute atomic E-state index is 0.267. The van der Waals surface area contributed by atoms with Gasteiger partial charge in [-0.05, 0) is 42.8 Å². The maximum atomic E-state index is 13.2. The molecule has 5 heteroatoms. The van der Waals surface area contributed by atoms with E-state index in [4.69, 9.17) is 0 Å². The van der Waals surface area contributed by atoms with Crippen molar-refractivity contribution in [1.82, 2.24) is 0 Å². The van der Waals surface area contributed by atoms with E-state index in [1.807, 2.05) is 19.1 Å². The molecule has 98 valence electrons. The first kappa shape index (κ1) is 14.2. The maximum absolute atomic E-state index is 13.2. The lowest BCUT2D eigenvalue weighted by atomic mass is 10.2. The Morgan fingerprint density at radius 3 is 2.53 bits per heavy atom. The number of aryl methyl sites for hydroxylation is 1. The fourth-order valence-electron chi connectivity index (χ4n) is 1.56. The fraction of sp³-hybridized carbons (Fsp3) is 0.0714. The van der Waals surface area contributed by atoms with Gasteiger partial charge in [-0.2, -0.15) is 0 Å². The predicted octanol–water partition coefficient (Wildman–Crippen LogP) is 4.91. The molecule has 1 amide bonds. The van der Waals surface area contributed by atoms with Gasteiger partial charge in [0, 0.05) is 20.2 Å². The third-order valence-corrected chi connectivity index (χ3v) is 3.87. The Morgan fingerprint density at radius 1 is 1.16 bits per heavy atom. The second-order valence-corrected chi connectivity index (χ2v) is 5.85. The highest BCUT2D eigenvalue weighted by Gasteiger charge is 2.09. The minimum Gasteiger partial charge on any atom is -0.322 e. The monoisotopic (exact) mass is 385 g/mol. The molecule has 0 heterocycles. The summed E-state index contributed by atoms with van der Waals surface area (Å²) in [6.45, 7) is 1.96. The Kier molecular flexibility index (Phi) is 4.37. The zero-order valence-electron chi connectivity index (χ0n) is 10.0. The van der Waals surface area contributed by atoms with Crippen LogP contribution in [0.1, 0.15) is 15.9 Å². The number of carbonyl (C=O) groups is 1. The molecule has 0 aliphatic rings. The molecule has 0 aromatic heterocycles. The van der Waals surface area contributed by atoms with Gasteiger partial charge in [-0.3, -0.25) is 4.79 Å². The molecule has 0 bridgehead atoms. The average molecular weight is 387 g/mol. The molecule has 0 atom stereocenters. The van der Waals surface area contributed by atoms with Crippen LogP contribution in [0.5, 0.6) is 0 Å². The van der Waals surface area contributed by atoms with E-state index < -0.39 is 5.82 Å². The summed E-state index contributed by atoms with van der Waals surface area (Å²) in [6, 6.07) is 9.57. The molecular formula is C14H10Br2FNO. The summed E-state index contributed by atoms with van der Waals surface area (Å²) in [5, 5.41) is 2.72. The van der Waals surface area contributed by atoms with E-state index in [1.165, 1.54) is 12.1 Å². The first-order valence-electron chi connectivity index (χ1n) is 5.49. The summed E-state index contributed by atoms with van der Waals surface area (Å²) in [4.78, 5) is 12.0. The molecule has 0 fully saturated rings. The van der Waals surface area contributed by atoms with Gasteiger partial charge in [-0.15, -0.1) is 0 Å². The van der Waals surface area contributed by atoms with Crippen LogP contribution >= 0.6 is 31.9 Å². The number of nitrogens with one attached hydrogen (secondary N) is 1. The van der Waals surface area contributed by atoms with E-state index in [0.29, 0.717) is 10.2 Å². The topological polar surface area (TPSA) is 29.1 Å². The lowest BCUT2D eigenvalue weighted by Gasteiger charge is -2.07. The molecule has 0 saturated carbocycles. The third-order valence-electron chi connectivity index (χ3n) is 2.55. The Bertz CT molecular complexity index is 623. The van der Waals surface area contributed by atoms with Gasteiger partial charge in [-0.25, -0.2) is 4.39 Å². The van der Waals surface area contributed by atoms with Gasteiger partial charge in [0.1, 0.15) is 5.82 Å². The molecule has 2 aromatic carbocycles. The van der Waals surface area contributed by atoms with Crippen molar-refractivity contribution in [3.63, 3.8) is 0 Å². The molecule has 2 rings (SSSR count). The van der Waals surface area contributed by atoms with Crippen LogP contribution in [0, 0.1) is 12.7 Å². The molecular weight excluding hydrogens is 377 g/mol. The molecule has 0 spiro atoms. The van der Waals surface area contributed by atoms with E-state index in [9.17, 15) is 9.18 Å². The Morgan fingerprint density at radius 2 is 1.89 bits per heavy atom. The zero-order chi connectivity index (χ0) is 14.0. The van der Waals surface area contributed by atoms with Crippen molar-refractivity contribution in [2.75, 3.05) is 5.32 Å². The van der Waals surface area contributed by atoms with Crippen molar-refractivity contribution in [2.24, 2.45) is 0 Å². The van der Waals surface area contributed by atoms with Crippen molar-refractivity contribution < 1.29 is 9.18 Å². The SMILES string of the molecule is Cc1ccc(NC(=O)c2cc(F)cc(Br)c2)cc1Br. The van der Waals surface area contributed by atoms with E-state index in [1.54, 1.807) is 12.1 Å². The number of benzene rings is 2. The van der Waals surface area contributed by atoms with Gasteiger partial charge >= 0.3 is 0 Å². The highest BCUT2D eigenvalue weighted by atomic mass is 79.9. The predicted molar refractivity (Wildman–Crippen MR) is 80.9 cm³/mol. The van der Waals surface area contributed by atoms with Crippen molar-refractivity contribution >= 4 is 43.5 Å². The van der Waals surface area contributed by atoms with Crippen molar-refractivity contribution in [3.05, 3.63) is 62.3 Å². The number of rotatable bonds is 2. The minimum atomic E-state index is -0.454. The Balaban J connectivity index is 2.22. The van der Waals surface area contributed by atoms with Crippen LogP contribution in [0.2, 0.25) is 0 Å². The van der Waals surface area contributed by atoms with Crippen molar-refractivity contribution in [3.8, 4) is 0 Å². The highest BCUT2D eigenvalue weighted by Crippen LogP contribution is 2.22. The van der Waals surface area contributed by atoms with E-state index in [-0.39, 0.29) is 11.5 Å². The van der Waals surface area contributed by atoms with E-state index in [2.05, 4.69) is 37.2 Å². The van der Waals surface area contributed by atoms with Gasteiger partial charge in [0.25, 0.3) is 5.91 Å². The number of carbonyl (C=O) groups excluding carboxylic acids is 1. The summed E-state index contributed by atoms with van der Waals surface area (Å²) in [5.41, 5.74) is 2.00. The van der Waals surface area contributed by atoms with Crippen LogP contribution in [-0.2, 0) is 0 Å². The Labute approximate surface area is 127 Å². The molecule has 2 nitrogen and oxygen atoms in total. The van der Waals surface area contributed by atoms with Gasteiger partial charge in [-0.1, -0.05) is 37.9 Å². The summed E-state index contributed by atoms with van der Waals surface area (Å²) < 4.78 is 14.7. The molecule has 0 saturated heterocycles. The van der Waals surface area contributed by atoms with Crippen molar-refractivity contribution in [2.45, 2.75) is 6.92 Å². The summed E-state index contributed by atoms with van der Waals surface area (Å²) in [7, 11) is 0. The number of anilines is 1. The fourth-order valence-corrected chi connectivity index (χ4v) is 2.40. The molecule has 2 aromatic rings. The first-order chi connectivity index (χ1) is 8.95. The standard InChI is InChI=1S/C14H10Br2FNO/c1-8-2-3-12(7-13(8)16)18-14(19)9-4-10(15)6-11(17)5-9/h2-7H,1H3,(H,18,19). The second-order valence-electron chi connectivity index (χ2n) is 4.08. The number of hydrogen-bond acceptors (Lipinski definition) is 1. The lowest BCUT2D eigenvalue weighted by Crippen LogP contribution is -2.12. The second kappa shape index (κ2) is 5.84. The van der Waals surface area contributed by atoms with Crippen LogP contribution < -0.4 is 5.32 Å². The molecule has 0 aliphatic carbocycles. The van der Waals surface area contributed by atoms with Crippen LogP contribution in [-0.4, -0.2) is 5.91 Å². The normalized spacial score (nSPS) is 10.3. The molecule has 0 unspecified atom stereocenters. The molecule has 0 radical (unpaired) electrons. The third kappa shape index (κ3) is 3.64. The largest absolute Gasteiger partial charge is 0.322 e. The summed E-state index contributed by atoms with van der Waals surface area (Å²) in [5.74, 6) is -0.805. The number of hydrogen-bond donors (Lipinski definition) is 1. The van der Waals surface area contributed by atoms with E-state index >= 15 is 0 Å². The quantitative estimate of drug-likeness (QED) is 0.780. The summed E-state index contributed by atoms with van der Waals surface area (Å²) in [6.07, 6.45) is 0. The summed E-state index contributed by atoms with van der Waals surface area (Å²) >= 11 is 6.56. The van der Waals surface area contributed by atoms with Crippen LogP contribution in [0.4, 0.5) is 10.1 Å². The smallest absolute Gasteiger partial charge is 0.255 e. The van der Waals surface area contributed by atoms with Crippen LogP contribution in [0.3, 0.4) is 0 Å². The zero-order valence-corrected chi connectivity index (χ0v) is 13.2. The van der Waals surface area contributed by atoms with Gasteiger partial charge < -0.3 is 5.32 Å². The maximum Gasteiger partial charge on any atom is 0.255 e. The molecule has 19 heavy (non-hydrogen) atoms. The molecule has 0 aliphatic heterocycles. The molecule has 1 N–H and O–H groups in total. The van der Waals surface area contributed by atoms with Crippen LogP contribution in [0.15, 0.2) is 45.3 Å². The van der Waals surface area contributed by atoms with E-state index in [0.717, 1.165) is 10.0 Å². The first-order valence-corrected chi connectivity index (χ1v) is 7.08. The Hall–Kier alpha value is -1.20. The lowest BCUT2D eigenvalue weighted by molar-refractivity contribution is 0.102. The van der Waals surface area contributed by atoms with Gasteiger partial charge in [0.15, 0.2) is 0 Å². The van der Waals surface area contributed by atoms with Gasteiger partial charge in [0.05, 0.1) is 0 Å². The van der Waals surface area contributed by atoms with Crippen LogP contribution in [0.25, 0.3) is 0 Å². The number of halogens is 3. The average Bonchev–Trinajstić information content (AvgIpc) is 2.32. The van der Waals surface area contributed by atoms with Crippen molar-refractivity contribution in [1.29, 1.82) is 0 Å².